The summed E-state index contributed by atoms with van der Waals surface area (Å²) in [5.41, 5.74) is 0. The average Bonchev–Trinajstić information content (AvgIpc) is 2.52. The molecule has 0 heterocycles. The maximum Gasteiger partial charge on any atom is 0.389 e. The van der Waals surface area contributed by atoms with E-state index in [1.54, 1.807) is 0 Å². The fourth-order valence-corrected chi connectivity index (χ4v) is 1.63. The fraction of sp³-hybridized carbons (Fsp3) is 0.889. The van der Waals surface area contributed by atoms with Gasteiger partial charge >= 0.3 is 6.18 Å². The molecule has 1 rings (SSSR count). The highest BCUT2D eigenvalue weighted by Crippen LogP contribution is 2.22. The van der Waals surface area contributed by atoms with E-state index in [0.29, 0.717) is 0 Å². The first-order valence-electron chi connectivity index (χ1n) is 4.83. The molecule has 82 valence electrons. The monoisotopic (exact) mass is 209 g/mol. The quantitative estimate of drug-likeness (QED) is 0.759. The van der Waals surface area contributed by atoms with Gasteiger partial charge in [-0.15, -0.1) is 0 Å². The predicted molar refractivity (Wildman–Crippen MR) is 45.7 cm³/mol. The summed E-state index contributed by atoms with van der Waals surface area (Å²) in [4.78, 5) is 11.0. The zero-order valence-corrected chi connectivity index (χ0v) is 7.86. The Bertz CT molecular complexity index is 197. The number of hydrogen-bond donors (Lipinski definition) is 1. The molecule has 1 amide bonds. The predicted octanol–water partition coefficient (Wildman–Crippen LogP) is 2.39. The van der Waals surface area contributed by atoms with Crippen molar-refractivity contribution < 1.29 is 18.0 Å². The van der Waals surface area contributed by atoms with E-state index in [1.807, 2.05) is 0 Å². The molecule has 0 saturated heterocycles. The Hall–Kier alpha value is -0.740. The van der Waals surface area contributed by atoms with Crippen LogP contribution in [0.1, 0.15) is 38.5 Å². The summed E-state index contributed by atoms with van der Waals surface area (Å²) in [6.07, 6.45) is -1.78. The number of carbonyl (C=O) groups is 1. The molecule has 0 spiro atoms. The molecule has 0 aliphatic heterocycles. The second-order valence-electron chi connectivity index (χ2n) is 3.66. The summed E-state index contributed by atoms with van der Waals surface area (Å²) < 4.78 is 35.2. The molecule has 0 aromatic rings. The lowest BCUT2D eigenvalue weighted by Crippen LogP contribution is -2.33. The zero-order chi connectivity index (χ0) is 10.6. The molecule has 5 heteroatoms. The molecule has 0 bridgehead atoms. The first kappa shape index (κ1) is 11.3. The van der Waals surface area contributed by atoms with E-state index in [4.69, 9.17) is 0 Å². The lowest BCUT2D eigenvalue weighted by atomic mass is 10.2. The van der Waals surface area contributed by atoms with Crippen molar-refractivity contribution in [2.75, 3.05) is 0 Å². The van der Waals surface area contributed by atoms with Crippen molar-refractivity contribution in [1.82, 2.24) is 5.32 Å². The van der Waals surface area contributed by atoms with E-state index in [9.17, 15) is 18.0 Å². The van der Waals surface area contributed by atoms with Gasteiger partial charge in [-0.2, -0.15) is 13.2 Å². The van der Waals surface area contributed by atoms with Crippen molar-refractivity contribution in [2.45, 2.75) is 50.7 Å². The third kappa shape index (κ3) is 4.48. The van der Waals surface area contributed by atoms with Crippen LogP contribution in [-0.2, 0) is 4.79 Å². The molecule has 1 fully saturated rings. The molecular formula is C9H14F3NO. The van der Waals surface area contributed by atoms with E-state index in [-0.39, 0.29) is 6.04 Å². The lowest BCUT2D eigenvalue weighted by molar-refractivity contribution is -0.144. The minimum atomic E-state index is -4.23. The van der Waals surface area contributed by atoms with Gasteiger partial charge in [0, 0.05) is 12.5 Å². The molecule has 14 heavy (non-hydrogen) atoms. The van der Waals surface area contributed by atoms with Gasteiger partial charge in [-0.25, -0.2) is 0 Å². The van der Waals surface area contributed by atoms with Gasteiger partial charge in [-0.05, 0) is 12.8 Å². The summed E-state index contributed by atoms with van der Waals surface area (Å²) >= 11 is 0. The van der Waals surface area contributed by atoms with E-state index in [2.05, 4.69) is 5.32 Å². The zero-order valence-electron chi connectivity index (χ0n) is 7.86. The Kier molecular flexibility index (Phi) is 3.77. The highest BCUT2D eigenvalue weighted by molar-refractivity contribution is 5.76. The second-order valence-corrected chi connectivity index (χ2v) is 3.66. The SMILES string of the molecule is O=C(CCC(F)(F)F)NC1CCCC1. The Morgan fingerprint density at radius 1 is 1.29 bits per heavy atom. The summed E-state index contributed by atoms with van der Waals surface area (Å²) in [5.74, 6) is -0.478. The topological polar surface area (TPSA) is 29.1 Å². The van der Waals surface area contributed by atoms with Crippen LogP contribution >= 0.6 is 0 Å². The molecular weight excluding hydrogens is 195 g/mol. The molecule has 1 aliphatic rings. The van der Waals surface area contributed by atoms with Crippen molar-refractivity contribution >= 4 is 5.91 Å². The van der Waals surface area contributed by atoms with Gasteiger partial charge in [0.2, 0.25) is 5.91 Å². The van der Waals surface area contributed by atoms with Crippen LogP contribution in [0.4, 0.5) is 13.2 Å². The van der Waals surface area contributed by atoms with Gasteiger partial charge in [0.15, 0.2) is 0 Å². The molecule has 0 radical (unpaired) electrons. The second kappa shape index (κ2) is 4.66. The van der Waals surface area contributed by atoms with Gasteiger partial charge < -0.3 is 5.32 Å². The van der Waals surface area contributed by atoms with Gasteiger partial charge in [0.05, 0.1) is 6.42 Å². The molecule has 0 aromatic heterocycles. The molecule has 2 nitrogen and oxygen atoms in total. The van der Waals surface area contributed by atoms with Crippen molar-refractivity contribution in [3.05, 3.63) is 0 Å². The van der Waals surface area contributed by atoms with Crippen LogP contribution in [0, 0.1) is 0 Å². The maximum absolute atomic E-state index is 11.7. The largest absolute Gasteiger partial charge is 0.389 e. The number of hydrogen-bond acceptors (Lipinski definition) is 1. The minimum Gasteiger partial charge on any atom is -0.353 e. The molecule has 1 aliphatic carbocycles. The lowest BCUT2D eigenvalue weighted by Gasteiger charge is -2.12. The fourth-order valence-electron chi connectivity index (χ4n) is 1.63. The number of nitrogens with one attached hydrogen (secondary N) is 1. The first-order valence-corrected chi connectivity index (χ1v) is 4.83. The number of alkyl halides is 3. The summed E-state index contributed by atoms with van der Waals surface area (Å²) in [7, 11) is 0. The van der Waals surface area contributed by atoms with Crippen LogP contribution in [0.25, 0.3) is 0 Å². The Morgan fingerprint density at radius 3 is 2.36 bits per heavy atom. The average molecular weight is 209 g/mol. The molecule has 1 saturated carbocycles. The Morgan fingerprint density at radius 2 is 1.86 bits per heavy atom. The standard InChI is InChI=1S/C9H14F3NO/c10-9(11,12)6-5-8(14)13-7-3-1-2-4-7/h7H,1-6H2,(H,13,14). The molecule has 0 atom stereocenters. The highest BCUT2D eigenvalue weighted by atomic mass is 19.4. The van der Waals surface area contributed by atoms with Crippen LogP contribution in [0.5, 0.6) is 0 Å². The van der Waals surface area contributed by atoms with E-state index >= 15 is 0 Å². The van der Waals surface area contributed by atoms with Crippen LogP contribution in [-0.4, -0.2) is 18.1 Å². The van der Waals surface area contributed by atoms with Gasteiger partial charge in [-0.1, -0.05) is 12.8 Å². The number of amides is 1. The van der Waals surface area contributed by atoms with Crippen molar-refractivity contribution in [3.63, 3.8) is 0 Å². The van der Waals surface area contributed by atoms with Crippen molar-refractivity contribution in [2.24, 2.45) is 0 Å². The summed E-state index contributed by atoms with van der Waals surface area (Å²) in [5, 5.41) is 2.61. The molecule has 0 aromatic carbocycles. The smallest absolute Gasteiger partial charge is 0.353 e. The first-order chi connectivity index (χ1) is 6.47. The molecule has 1 N–H and O–H groups in total. The normalized spacial score (nSPS) is 18.5. The van der Waals surface area contributed by atoms with Crippen LogP contribution < -0.4 is 5.32 Å². The number of halogens is 3. The van der Waals surface area contributed by atoms with E-state index in [1.165, 1.54) is 0 Å². The highest BCUT2D eigenvalue weighted by Gasteiger charge is 2.28. The van der Waals surface area contributed by atoms with E-state index < -0.39 is 24.9 Å². The molecule has 0 unspecified atom stereocenters. The van der Waals surface area contributed by atoms with E-state index in [0.717, 1.165) is 25.7 Å². The van der Waals surface area contributed by atoms with Gasteiger partial charge in [0.25, 0.3) is 0 Å². The minimum absolute atomic E-state index is 0.107. The van der Waals surface area contributed by atoms with Crippen molar-refractivity contribution in [3.8, 4) is 0 Å². The van der Waals surface area contributed by atoms with Crippen molar-refractivity contribution in [1.29, 1.82) is 0 Å². The summed E-state index contributed by atoms with van der Waals surface area (Å²) in [6, 6.07) is 0.107. The Balaban J connectivity index is 2.15. The third-order valence-electron chi connectivity index (χ3n) is 2.36. The number of carbonyl (C=O) groups excluding carboxylic acids is 1. The van der Waals surface area contributed by atoms with Crippen LogP contribution in [0.3, 0.4) is 0 Å². The maximum atomic E-state index is 11.7. The van der Waals surface area contributed by atoms with Gasteiger partial charge in [-0.3, -0.25) is 4.79 Å². The van der Waals surface area contributed by atoms with Crippen LogP contribution in [0.15, 0.2) is 0 Å². The summed E-state index contributed by atoms with van der Waals surface area (Å²) in [6.45, 7) is 0. The third-order valence-corrected chi connectivity index (χ3v) is 2.36. The Labute approximate surface area is 80.9 Å². The van der Waals surface area contributed by atoms with Gasteiger partial charge in [0.1, 0.15) is 0 Å². The number of rotatable bonds is 3. The van der Waals surface area contributed by atoms with Crippen LogP contribution in [0.2, 0.25) is 0 Å².